The molecule has 5 heteroatoms. The number of carbonyl (C=O) groups is 2. The van der Waals surface area contributed by atoms with Gasteiger partial charge in [-0.1, -0.05) is 13.8 Å². The van der Waals surface area contributed by atoms with Gasteiger partial charge in [-0.15, -0.1) is 0 Å². The highest BCUT2D eigenvalue weighted by molar-refractivity contribution is 6.06. The summed E-state index contributed by atoms with van der Waals surface area (Å²) in [5.41, 5.74) is -1.81. The van der Waals surface area contributed by atoms with Crippen molar-refractivity contribution in [2.24, 2.45) is 5.92 Å². The van der Waals surface area contributed by atoms with Crippen LogP contribution < -0.4 is 0 Å². The molecule has 0 radical (unpaired) electrons. The number of aliphatic hydroxyl groups is 1. The van der Waals surface area contributed by atoms with Crippen molar-refractivity contribution in [3.05, 3.63) is 11.3 Å². The molecule has 5 nitrogen and oxygen atoms in total. The van der Waals surface area contributed by atoms with E-state index in [1.54, 1.807) is 6.92 Å². The van der Waals surface area contributed by atoms with E-state index in [0.717, 1.165) is 0 Å². The lowest BCUT2D eigenvalue weighted by Crippen LogP contribution is -2.51. The molecule has 20 heavy (non-hydrogen) atoms. The summed E-state index contributed by atoms with van der Waals surface area (Å²) in [6.45, 7) is 5.79. The first-order valence-electron chi connectivity index (χ1n) is 7.24. The van der Waals surface area contributed by atoms with Crippen LogP contribution in [0.2, 0.25) is 0 Å². The summed E-state index contributed by atoms with van der Waals surface area (Å²) >= 11 is 0. The number of esters is 1. The van der Waals surface area contributed by atoms with Crippen molar-refractivity contribution in [3.63, 3.8) is 0 Å². The molecule has 0 fully saturated rings. The van der Waals surface area contributed by atoms with Crippen molar-refractivity contribution in [1.29, 1.82) is 0 Å². The third-order valence-electron chi connectivity index (χ3n) is 3.77. The molecule has 0 saturated carbocycles. The van der Waals surface area contributed by atoms with Gasteiger partial charge in [0.2, 0.25) is 5.60 Å². The number of rotatable bonds is 4. The molecule has 0 amide bonds. The van der Waals surface area contributed by atoms with Gasteiger partial charge in [-0.05, 0) is 25.7 Å². The Balaban J connectivity index is 2.40. The predicted molar refractivity (Wildman–Crippen MR) is 71.8 cm³/mol. The fraction of sp³-hybridized carbons (Fsp3) is 0.733. The van der Waals surface area contributed by atoms with E-state index in [-0.39, 0.29) is 23.9 Å². The molecule has 0 aromatic carbocycles. The minimum atomic E-state index is -1.94. The minimum absolute atomic E-state index is 0.132. The van der Waals surface area contributed by atoms with Gasteiger partial charge in [0.05, 0.1) is 12.2 Å². The normalized spacial score (nSPS) is 29.4. The quantitative estimate of drug-likeness (QED) is 0.795. The maximum atomic E-state index is 12.2. The summed E-state index contributed by atoms with van der Waals surface area (Å²) in [5.74, 6) is -0.265. The van der Waals surface area contributed by atoms with Crippen LogP contribution in [0.5, 0.6) is 0 Å². The molecule has 1 N–H and O–H groups in total. The van der Waals surface area contributed by atoms with Crippen LogP contribution in [0.4, 0.5) is 0 Å². The zero-order chi connectivity index (χ0) is 14.9. The summed E-state index contributed by atoms with van der Waals surface area (Å²) in [4.78, 5) is 24.3. The SMILES string of the molecule is CCOC(=O)[C@@]1(O)C2=C(CCCC2=O)O[C@@H]1CC(C)C. The van der Waals surface area contributed by atoms with Gasteiger partial charge in [-0.2, -0.15) is 0 Å². The molecule has 0 spiro atoms. The van der Waals surface area contributed by atoms with E-state index >= 15 is 0 Å². The molecule has 0 aromatic heterocycles. The number of carbonyl (C=O) groups excluding carboxylic acids is 2. The van der Waals surface area contributed by atoms with E-state index in [4.69, 9.17) is 9.47 Å². The average molecular weight is 282 g/mol. The van der Waals surface area contributed by atoms with Crippen LogP contribution in [0.3, 0.4) is 0 Å². The molecule has 2 rings (SSSR count). The highest BCUT2D eigenvalue weighted by Crippen LogP contribution is 2.43. The Kier molecular flexibility index (Phi) is 4.18. The summed E-state index contributed by atoms with van der Waals surface area (Å²) < 4.78 is 10.7. The van der Waals surface area contributed by atoms with Gasteiger partial charge in [-0.3, -0.25) is 4.79 Å². The second-order valence-corrected chi connectivity index (χ2v) is 5.80. The van der Waals surface area contributed by atoms with E-state index in [9.17, 15) is 14.7 Å². The highest BCUT2D eigenvalue weighted by Gasteiger charge is 2.59. The van der Waals surface area contributed by atoms with Crippen molar-refractivity contribution in [1.82, 2.24) is 0 Å². The molecule has 1 heterocycles. The third kappa shape index (κ3) is 2.35. The zero-order valence-electron chi connectivity index (χ0n) is 12.3. The summed E-state index contributed by atoms with van der Waals surface area (Å²) in [6, 6.07) is 0. The monoisotopic (exact) mass is 282 g/mol. The van der Waals surface area contributed by atoms with Crippen LogP contribution in [0.25, 0.3) is 0 Å². The van der Waals surface area contributed by atoms with Gasteiger partial charge in [0.1, 0.15) is 11.9 Å². The molecule has 0 bridgehead atoms. The van der Waals surface area contributed by atoms with Gasteiger partial charge in [0, 0.05) is 12.8 Å². The van der Waals surface area contributed by atoms with E-state index in [0.29, 0.717) is 31.4 Å². The van der Waals surface area contributed by atoms with Crippen LogP contribution in [-0.4, -0.2) is 35.2 Å². The lowest BCUT2D eigenvalue weighted by molar-refractivity contribution is -0.170. The number of hydrogen-bond acceptors (Lipinski definition) is 5. The number of ether oxygens (including phenoxy) is 2. The Bertz CT molecular complexity index is 451. The number of Topliss-reactive ketones (excluding diaryl/α,β-unsaturated/α-hetero) is 1. The second-order valence-electron chi connectivity index (χ2n) is 5.80. The lowest BCUT2D eigenvalue weighted by atomic mass is 9.80. The van der Waals surface area contributed by atoms with Crippen molar-refractivity contribution in [2.75, 3.05) is 6.61 Å². The molecule has 0 aromatic rings. The van der Waals surface area contributed by atoms with Gasteiger partial charge >= 0.3 is 5.97 Å². The fourth-order valence-electron chi connectivity index (χ4n) is 2.90. The Morgan fingerprint density at radius 1 is 1.50 bits per heavy atom. The summed E-state index contributed by atoms with van der Waals surface area (Å²) in [7, 11) is 0. The highest BCUT2D eigenvalue weighted by atomic mass is 16.6. The second kappa shape index (κ2) is 5.56. The molecular formula is C15H22O5. The number of ketones is 1. The van der Waals surface area contributed by atoms with Gasteiger partial charge < -0.3 is 14.6 Å². The van der Waals surface area contributed by atoms with Crippen LogP contribution in [-0.2, 0) is 19.1 Å². The number of hydrogen-bond donors (Lipinski definition) is 1. The first kappa shape index (κ1) is 15.0. The van der Waals surface area contributed by atoms with Crippen molar-refractivity contribution < 1.29 is 24.2 Å². The smallest absolute Gasteiger partial charge is 0.347 e. The van der Waals surface area contributed by atoms with Gasteiger partial charge in [0.15, 0.2) is 5.78 Å². The Morgan fingerprint density at radius 2 is 2.20 bits per heavy atom. The van der Waals surface area contributed by atoms with Crippen molar-refractivity contribution in [2.45, 2.75) is 58.2 Å². The van der Waals surface area contributed by atoms with Gasteiger partial charge in [0.25, 0.3) is 0 Å². The van der Waals surface area contributed by atoms with Crippen molar-refractivity contribution >= 4 is 11.8 Å². The molecule has 112 valence electrons. The zero-order valence-corrected chi connectivity index (χ0v) is 12.3. The third-order valence-corrected chi connectivity index (χ3v) is 3.77. The first-order chi connectivity index (χ1) is 9.41. The molecule has 1 aliphatic carbocycles. The average Bonchev–Trinajstić information content (AvgIpc) is 2.64. The molecule has 2 atom stereocenters. The van der Waals surface area contributed by atoms with E-state index in [2.05, 4.69) is 0 Å². The van der Waals surface area contributed by atoms with Crippen LogP contribution >= 0.6 is 0 Å². The Morgan fingerprint density at radius 3 is 2.80 bits per heavy atom. The molecule has 2 aliphatic rings. The largest absolute Gasteiger partial charge is 0.490 e. The van der Waals surface area contributed by atoms with Gasteiger partial charge in [-0.25, -0.2) is 4.79 Å². The maximum absolute atomic E-state index is 12.2. The molecule has 0 unspecified atom stereocenters. The first-order valence-corrected chi connectivity index (χ1v) is 7.24. The standard InChI is InChI=1S/C15H22O5/c1-4-19-14(17)15(18)12(8-9(2)3)20-11-7-5-6-10(16)13(11)15/h9,12,18H,4-8H2,1-3H3/t12-,15+/m1/s1. The fourth-order valence-corrected chi connectivity index (χ4v) is 2.90. The lowest BCUT2D eigenvalue weighted by Gasteiger charge is -2.29. The Hall–Kier alpha value is -1.36. The predicted octanol–water partition coefficient (Wildman–Crippen LogP) is 1.73. The number of allylic oxidation sites excluding steroid dienone is 1. The van der Waals surface area contributed by atoms with E-state index in [1.807, 2.05) is 13.8 Å². The molecule has 0 saturated heterocycles. The van der Waals surface area contributed by atoms with Crippen LogP contribution in [0.15, 0.2) is 11.3 Å². The minimum Gasteiger partial charge on any atom is -0.490 e. The van der Waals surface area contributed by atoms with E-state index in [1.165, 1.54) is 0 Å². The van der Waals surface area contributed by atoms with Crippen LogP contribution in [0.1, 0.15) is 46.5 Å². The molecule has 1 aliphatic heterocycles. The topological polar surface area (TPSA) is 72.8 Å². The molecular weight excluding hydrogens is 260 g/mol. The maximum Gasteiger partial charge on any atom is 0.347 e. The summed E-state index contributed by atoms with van der Waals surface area (Å²) in [5, 5.41) is 10.9. The Labute approximate surface area is 118 Å². The summed E-state index contributed by atoms with van der Waals surface area (Å²) in [6.07, 6.45) is 1.41. The van der Waals surface area contributed by atoms with Crippen LogP contribution in [0, 0.1) is 5.92 Å². The van der Waals surface area contributed by atoms with E-state index < -0.39 is 17.7 Å². The van der Waals surface area contributed by atoms with Crippen molar-refractivity contribution in [3.8, 4) is 0 Å².